The molecule has 1 aromatic rings. The van der Waals surface area contributed by atoms with E-state index in [1.165, 1.54) is 6.92 Å². The first-order valence-corrected chi connectivity index (χ1v) is 7.55. The highest BCUT2D eigenvalue weighted by Crippen LogP contribution is 2.19. The van der Waals surface area contributed by atoms with Gasteiger partial charge >= 0.3 is 0 Å². The number of carbonyl (C=O) groups is 2. The lowest BCUT2D eigenvalue weighted by Gasteiger charge is -2.22. The van der Waals surface area contributed by atoms with E-state index in [0.717, 1.165) is 22.3 Å². The van der Waals surface area contributed by atoms with Crippen LogP contribution in [0.1, 0.15) is 12.5 Å². The van der Waals surface area contributed by atoms with E-state index in [2.05, 4.69) is 21.2 Å². The summed E-state index contributed by atoms with van der Waals surface area (Å²) in [6, 6.07) is 5.65. The summed E-state index contributed by atoms with van der Waals surface area (Å²) in [6.07, 6.45) is 0. The fourth-order valence-corrected chi connectivity index (χ4v) is 2.27. The average molecular weight is 356 g/mol. The van der Waals surface area contributed by atoms with Gasteiger partial charge in [-0.3, -0.25) is 9.59 Å². The Hall–Kier alpha value is -1.40. The van der Waals surface area contributed by atoms with Gasteiger partial charge in [0.05, 0.1) is 6.54 Å². The number of aryl methyl sites for hydroxylation is 1. The molecule has 1 aromatic carbocycles. The number of rotatable bonds is 6. The molecule has 1 N–H and O–H groups in total. The number of nitrogens with one attached hydrogen (secondary N) is 1. The third-order valence-corrected chi connectivity index (χ3v) is 3.55. The van der Waals surface area contributed by atoms with Gasteiger partial charge in [-0.1, -0.05) is 15.9 Å². The summed E-state index contributed by atoms with van der Waals surface area (Å²) in [6.45, 7) is 4.74. The second-order valence-corrected chi connectivity index (χ2v) is 6.17. The highest BCUT2D eigenvalue weighted by molar-refractivity contribution is 9.10. The van der Waals surface area contributed by atoms with Gasteiger partial charge in [0, 0.05) is 30.2 Å². The van der Waals surface area contributed by atoms with Crippen molar-refractivity contribution >= 4 is 33.4 Å². The van der Waals surface area contributed by atoms with Crippen LogP contribution in [-0.2, 0) is 9.59 Å². The zero-order valence-corrected chi connectivity index (χ0v) is 14.5. The predicted octanol–water partition coefficient (Wildman–Crippen LogP) is 2.11. The van der Waals surface area contributed by atoms with Gasteiger partial charge in [0.15, 0.2) is 0 Å². The molecule has 0 spiro atoms. The number of amides is 2. The van der Waals surface area contributed by atoms with E-state index < -0.39 is 0 Å². The maximum Gasteiger partial charge on any atom is 0.244 e. The molecule has 6 heteroatoms. The quantitative estimate of drug-likeness (QED) is 0.850. The Morgan fingerprint density at radius 2 is 1.90 bits per heavy atom. The summed E-state index contributed by atoms with van der Waals surface area (Å²) < 4.78 is 0.967. The normalized spacial score (nSPS) is 10.6. The number of carbonyl (C=O) groups excluding carboxylic acids is 2. The Labute approximate surface area is 134 Å². The van der Waals surface area contributed by atoms with E-state index in [0.29, 0.717) is 6.54 Å². The lowest BCUT2D eigenvalue weighted by molar-refractivity contribution is -0.132. The SMILES string of the molecule is CC(=O)N(CCN(C)C)CC(=O)Nc1ccc(Br)cc1C. The molecule has 116 valence electrons. The summed E-state index contributed by atoms with van der Waals surface area (Å²) in [5.41, 5.74) is 1.74. The first-order chi connectivity index (χ1) is 9.79. The number of halogens is 1. The largest absolute Gasteiger partial charge is 0.332 e. The molecule has 0 fully saturated rings. The van der Waals surface area contributed by atoms with Crippen LogP contribution >= 0.6 is 15.9 Å². The molecule has 0 aromatic heterocycles. The average Bonchev–Trinajstić information content (AvgIpc) is 2.37. The molecular formula is C15H22BrN3O2. The van der Waals surface area contributed by atoms with Crippen LogP contribution in [-0.4, -0.2) is 55.3 Å². The van der Waals surface area contributed by atoms with Crippen LogP contribution in [0.15, 0.2) is 22.7 Å². The Bertz CT molecular complexity index is 518. The molecule has 0 saturated heterocycles. The molecule has 0 unspecified atom stereocenters. The molecule has 0 heterocycles. The van der Waals surface area contributed by atoms with Crippen molar-refractivity contribution in [2.75, 3.05) is 39.0 Å². The van der Waals surface area contributed by atoms with E-state index in [1.54, 1.807) is 4.90 Å². The molecule has 0 radical (unpaired) electrons. The predicted molar refractivity (Wildman–Crippen MR) is 88.3 cm³/mol. The molecule has 0 aliphatic heterocycles. The zero-order chi connectivity index (χ0) is 16.0. The van der Waals surface area contributed by atoms with Crippen LogP contribution in [0.5, 0.6) is 0 Å². The van der Waals surface area contributed by atoms with Gasteiger partial charge in [0.1, 0.15) is 0 Å². The number of anilines is 1. The second kappa shape index (κ2) is 8.14. The highest BCUT2D eigenvalue weighted by Gasteiger charge is 2.14. The minimum atomic E-state index is -0.186. The number of likely N-dealkylation sites (N-methyl/N-ethyl adjacent to an activating group) is 1. The molecule has 2 amide bonds. The number of hydrogen-bond donors (Lipinski definition) is 1. The lowest BCUT2D eigenvalue weighted by atomic mass is 10.2. The highest BCUT2D eigenvalue weighted by atomic mass is 79.9. The minimum Gasteiger partial charge on any atom is -0.332 e. The van der Waals surface area contributed by atoms with Gasteiger partial charge in [-0.25, -0.2) is 0 Å². The van der Waals surface area contributed by atoms with E-state index in [-0.39, 0.29) is 18.4 Å². The number of benzene rings is 1. The first-order valence-electron chi connectivity index (χ1n) is 6.76. The maximum absolute atomic E-state index is 12.1. The second-order valence-electron chi connectivity index (χ2n) is 5.25. The molecule has 0 bridgehead atoms. The van der Waals surface area contributed by atoms with Gasteiger partial charge in [-0.05, 0) is 44.8 Å². The molecule has 0 aliphatic carbocycles. The fourth-order valence-electron chi connectivity index (χ4n) is 1.80. The van der Waals surface area contributed by atoms with Gasteiger partial charge in [-0.2, -0.15) is 0 Å². The van der Waals surface area contributed by atoms with Crippen LogP contribution in [0.25, 0.3) is 0 Å². The number of nitrogens with zero attached hydrogens (tertiary/aromatic N) is 2. The summed E-state index contributed by atoms with van der Waals surface area (Å²) in [5.74, 6) is -0.283. The Kier molecular flexibility index (Phi) is 6.84. The van der Waals surface area contributed by atoms with Crippen LogP contribution in [0.2, 0.25) is 0 Å². The van der Waals surface area contributed by atoms with Crippen LogP contribution < -0.4 is 5.32 Å². The van der Waals surface area contributed by atoms with Gasteiger partial charge in [-0.15, -0.1) is 0 Å². The van der Waals surface area contributed by atoms with Crippen LogP contribution in [0.4, 0.5) is 5.69 Å². The summed E-state index contributed by atoms with van der Waals surface area (Å²) >= 11 is 3.39. The third-order valence-electron chi connectivity index (χ3n) is 3.06. The summed E-state index contributed by atoms with van der Waals surface area (Å²) in [7, 11) is 3.87. The van der Waals surface area contributed by atoms with Crippen molar-refractivity contribution in [1.29, 1.82) is 0 Å². The molecule has 21 heavy (non-hydrogen) atoms. The fraction of sp³-hybridized carbons (Fsp3) is 0.467. The van der Waals surface area contributed by atoms with Crippen molar-refractivity contribution in [2.24, 2.45) is 0 Å². The smallest absolute Gasteiger partial charge is 0.244 e. The van der Waals surface area contributed by atoms with Crippen molar-refractivity contribution in [2.45, 2.75) is 13.8 Å². The molecule has 5 nitrogen and oxygen atoms in total. The molecular weight excluding hydrogens is 334 g/mol. The Morgan fingerprint density at radius 1 is 1.24 bits per heavy atom. The van der Waals surface area contributed by atoms with Crippen molar-refractivity contribution in [3.05, 3.63) is 28.2 Å². The number of hydrogen-bond acceptors (Lipinski definition) is 3. The summed E-state index contributed by atoms with van der Waals surface area (Å²) in [5, 5.41) is 2.84. The van der Waals surface area contributed by atoms with Gasteiger partial charge < -0.3 is 15.1 Å². The Morgan fingerprint density at radius 3 is 2.43 bits per heavy atom. The van der Waals surface area contributed by atoms with Crippen molar-refractivity contribution in [3.8, 4) is 0 Å². The van der Waals surface area contributed by atoms with Gasteiger partial charge in [0.25, 0.3) is 0 Å². The van der Waals surface area contributed by atoms with E-state index in [1.807, 2.05) is 44.1 Å². The maximum atomic E-state index is 12.1. The van der Waals surface area contributed by atoms with E-state index in [4.69, 9.17) is 0 Å². The minimum absolute atomic E-state index is 0.0681. The summed E-state index contributed by atoms with van der Waals surface area (Å²) in [4.78, 5) is 27.2. The van der Waals surface area contributed by atoms with Crippen molar-refractivity contribution in [3.63, 3.8) is 0 Å². The van der Waals surface area contributed by atoms with Crippen LogP contribution in [0.3, 0.4) is 0 Å². The first kappa shape index (κ1) is 17.7. The monoisotopic (exact) mass is 355 g/mol. The third kappa shape index (κ3) is 6.27. The molecule has 1 rings (SSSR count). The lowest BCUT2D eigenvalue weighted by Crippen LogP contribution is -2.40. The zero-order valence-electron chi connectivity index (χ0n) is 12.9. The molecule has 0 saturated carbocycles. The van der Waals surface area contributed by atoms with E-state index >= 15 is 0 Å². The van der Waals surface area contributed by atoms with E-state index in [9.17, 15) is 9.59 Å². The van der Waals surface area contributed by atoms with Crippen LogP contribution in [0, 0.1) is 6.92 Å². The van der Waals surface area contributed by atoms with Crippen molar-refractivity contribution in [1.82, 2.24) is 9.80 Å². The van der Waals surface area contributed by atoms with Gasteiger partial charge in [0.2, 0.25) is 11.8 Å². The topological polar surface area (TPSA) is 52.7 Å². The molecule has 0 atom stereocenters. The molecule has 0 aliphatic rings. The van der Waals surface area contributed by atoms with Crippen molar-refractivity contribution < 1.29 is 9.59 Å². The standard InChI is InChI=1S/C15H22BrN3O2/c1-11-9-13(16)5-6-14(11)17-15(21)10-19(12(2)20)8-7-18(3)4/h5-6,9H,7-8,10H2,1-4H3,(H,17,21). The Balaban J connectivity index is 2.63.